The van der Waals surface area contributed by atoms with E-state index in [9.17, 15) is 0 Å². The first-order chi connectivity index (χ1) is 2.00. The van der Waals surface area contributed by atoms with Gasteiger partial charge in [0.1, 0.15) is 0 Å². The van der Waals surface area contributed by atoms with Gasteiger partial charge >= 0.3 is 0 Å². The van der Waals surface area contributed by atoms with E-state index in [4.69, 9.17) is 0 Å². The third kappa shape index (κ3) is 58.4. The molecule has 0 N–H and O–H groups in total. The first kappa shape index (κ1) is 17.0. The first-order valence-corrected chi connectivity index (χ1v) is 1.000. The fourth-order valence-corrected chi connectivity index (χ4v) is 0. The molecule has 0 aliphatic rings. The summed E-state index contributed by atoms with van der Waals surface area (Å²) in [6.45, 7) is 12.0. The molecule has 0 saturated carbocycles. The molecule has 5 heavy (non-hydrogen) atoms. The Morgan fingerprint density at radius 1 is 0.600 bits per heavy atom. The molecule has 32 valence electrons. The molecule has 0 spiro atoms. The minimum Gasteiger partial charge on any atom is -0.106 e. The normalized spacial score (nSPS) is 1.60. The molecule has 0 aromatic heterocycles. The predicted molar refractivity (Wildman–Crippen MR) is 22.5 cm³/mol. The molecule has 0 unspecified atom stereocenters. The van der Waals surface area contributed by atoms with E-state index >= 15 is 0 Å². The third-order valence-corrected chi connectivity index (χ3v) is 0. The predicted octanol–water partition coefficient (Wildman–Crippen LogP) is 1.60. The van der Waals surface area contributed by atoms with Gasteiger partial charge in [0.15, 0.2) is 0 Å². The van der Waals surface area contributed by atoms with Crippen LogP contribution in [0.5, 0.6) is 0 Å². The smallest absolute Gasteiger partial charge is 0 e. The van der Waals surface area contributed by atoms with Crippen LogP contribution in [-0.2, 0) is 0 Å². The molecule has 0 aromatic rings. The second-order valence-corrected chi connectivity index (χ2v) is 0. The molecule has 0 fully saturated rings. The maximum absolute atomic E-state index is 3.00. The summed E-state index contributed by atoms with van der Waals surface area (Å²) in [7, 11) is 0. The zero-order valence-corrected chi connectivity index (χ0v) is 5.45. The van der Waals surface area contributed by atoms with Crippen molar-refractivity contribution in [2.24, 2.45) is 0 Å². The van der Waals surface area contributed by atoms with E-state index in [1.165, 1.54) is 0 Å². The van der Waals surface area contributed by atoms with Crippen molar-refractivity contribution >= 4 is 0 Å². The van der Waals surface area contributed by atoms with Crippen LogP contribution in [0.1, 0.15) is 0 Å². The van der Waals surface area contributed by atoms with Crippen LogP contribution in [0.2, 0.25) is 0 Å². The van der Waals surface area contributed by atoms with E-state index < -0.39 is 0 Å². The van der Waals surface area contributed by atoms with Crippen molar-refractivity contribution in [2.45, 2.75) is 0 Å². The number of rotatable bonds is 0. The molecule has 0 atom stereocenters. The van der Waals surface area contributed by atoms with Gasteiger partial charge < -0.3 is 0 Å². The van der Waals surface area contributed by atoms with Gasteiger partial charge in [0, 0.05) is 39.9 Å². The molecule has 0 aliphatic carbocycles. The van der Waals surface area contributed by atoms with Crippen molar-refractivity contribution in [3.05, 3.63) is 26.3 Å². The van der Waals surface area contributed by atoms with Crippen molar-refractivity contribution in [3.63, 3.8) is 0 Å². The molecule has 1 heteroatoms. The van der Waals surface area contributed by atoms with Gasteiger partial charge in [-0.2, -0.15) is 0 Å². The summed E-state index contributed by atoms with van der Waals surface area (Å²) in [5.74, 6) is 0. The Balaban J connectivity index is -0.0000000133. The zero-order valence-electron chi connectivity index (χ0n) is 3.18. The van der Waals surface area contributed by atoms with Crippen molar-refractivity contribution in [2.75, 3.05) is 0 Å². The van der Waals surface area contributed by atoms with Crippen molar-refractivity contribution in [3.8, 4) is 0 Å². The van der Waals surface area contributed by atoms with E-state index in [0.717, 1.165) is 0 Å². The van der Waals surface area contributed by atoms with E-state index in [-0.39, 0.29) is 39.9 Å². The molecule has 0 aromatic carbocycles. The molecule has 0 bridgehead atoms. The van der Waals surface area contributed by atoms with Gasteiger partial charge in [-0.1, -0.05) is 0 Å². The Morgan fingerprint density at radius 3 is 0.600 bits per heavy atom. The van der Waals surface area contributed by atoms with Crippen molar-refractivity contribution < 1.29 is 39.9 Å². The fourth-order valence-electron chi connectivity index (χ4n) is 0. The molecule has 0 nitrogen and oxygen atoms in total. The maximum atomic E-state index is 3.00. The van der Waals surface area contributed by atoms with Crippen molar-refractivity contribution in [1.82, 2.24) is 0 Å². The Morgan fingerprint density at radius 2 is 0.600 bits per heavy atom. The molecule has 0 rings (SSSR count). The minimum atomic E-state index is 0. The van der Waals surface area contributed by atoms with Gasteiger partial charge in [0.2, 0.25) is 0 Å². The fraction of sp³-hybridized carbons (Fsp3) is 0. The average molecular weight is 213 g/mol. The number of hydrogen-bond donors (Lipinski definition) is 0. The molecular formula is C4H8Gd. The Bertz CT molecular complexity index is 5.61. The van der Waals surface area contributed by atoms with Crippen LogP contribution in [0, 0.1) is 39.9 Å². The van der Waals surface area contributed by atoms with E-state index in [1.807, 2.05) is 0 Å². The van der Waals surface area contributed by atoms with E-state index in [0.29, 0.717) is 0 Å². The summed E-state index contributed by atoms with van der Waals surface area (Å²) in [6, 6.07) is 0. The molecule has 0 radical (unpaired) electrons. The van der Waals surface area contributed by atoms with E-state index in [1.54, 1.807) is 0 Å². The quantitative estimate of drug-likeness (QED) is 0.536. The summed E-state index contributed by atoms with van der Waals surface area (Å²) >= 11 is 0. The Kier molecular flexibility index (Phi) is 366. The monoisotopic (exact) mass is 214 g/mol. The molecular weight excluding hydrogens is 205 g/mol. The van der Waals surface area contributed by atoms with Crippen LogP contribution in [0.15, 0.2) is 26.3 Å². The average Bonchev–Trinajstić information content (AvgIpc) is 1.50. The van der Waals surface area contributed by atoms with Crippen LogP contribution in [0.4, 0.5) is 0 Å². The van der Waals surface area contributed by atoms with Crippen molar-refractivity contribution in [1.29, 1.82) is 0 Å². The summed E-state index contributed by atoms with van der Waals surface area (Å²) in [5, 5.41) is 0. The summed E-state index contributed by atoms with van der Waals surface area (Å²) in [6.07, 6.45) is 0. The van der Waals surface area contributed by atoms with Gasteiger partial charge in [-0.25, -0.2) is 0 Å². The van der Waals surface area contributed by atoms with Gasteiger partial charge in [0.25, 0.3) is 0 Å². The van der Waals surface area contributed by atoms with Gasteiger partial charge in [-0.15, -0.1) is 26.3 Å². The van der Waals surface area contributed by atoms with Crippen LogP contribution >= 0.6 is 0 Å². The summed E-state index contributed by atoms with van der Waals surface area (Å²) in [4.78, 5) is 0. The molecule has 0 amide bonds. The summed E-state index contributed by atoms with van der Waals surface area (Å²) < 4.78 is 0. The Hall–Kier alpha value is 0.805. The molecule has 0 aliphatic heterocycles. The first-order valence-electron chi connectivity index (χ1n) is 1.000. The SMILES string of the molecule is C=C.C=C.[Gd]. The van der Waals surface area contributed by atoms with Gasteiger partial charge in [-0.3, -0.25) is 0 Å². The van der Waals surface area contributed by atoms with Crippen LogP contribution < -0.4 is 0 Å². The number of hydrogen-bond acceptors (Lipinski definition) is 0. The van der Waals surface area contributed by atoms with Crippen LogP contribution in [0.3, 0.4) is 0 Å². The van der Waals surface area contributed by atoms with Crippen LogP contribution in [0.25, 0.3) is 0 Å². The standard InChI is InChI=1S/2C2H4.Gd/c2*1-2;/h2*1-2H2;. The van der Waals surface area contributed by atoms with Crippen LogP contribution in [-0.4, -0.2) is 0 Å². The third-order valence-electron chi connectivity index (χ3n) is 0. The second kappa shape index (κ2) is 107. The molecule has 0 heterocycles. The zero-order chi connectivity index (χ0) is 4.00. The van der Waals surface area contributed by atoms with E-state index in [2.05, 4.69) is 26.3 Å². The topological polar surface area (TPSA) is 0 Å². The molecule has 0 saturated heterocycles. The largest absolute Gasteiger partial charge is 0.106 e. The second-order valence-electron chi connectivity index (χ2n) is 0. The minimum absolute atomic E-state index is 0. The summed E-state index contributed by atoms with van der Waals surface area (Å²) in [5.41, 5.74) is 0. The van der Waals surface area contributed by atoms with Gasteiger partial charge in [-0.05, 0) is 0 Å². The maximum Gasteiger partial charge on any atom is 0 e. The van der Waals surface area contributed by atoms with Gasteiger partial charge in [0.05, 0.1) is 0 Å². The Labute approximate surface area is 65.6 Å².